The highest BCUT2D eigenvalue weighted by molar-refractivity contribution is 9.09. The summed E-state index contributed by atoms with van der Waals surface area (Å²) in [5.74, 6) is 0.203. The molecular weight excluding hydrogens is 246 g/mol. The van der Waals surface area contributed by atoms with E-state index >= 15 is 0 Å². The van der Waals surface area contributed by atoms with Crippen molar-refractivity contribution in [1.82, 2.24) is 5.32 Å². The number of hydrogen-bond donors (Lipinski definition) is 2. The molecule has 0 spiro atoms. The maximum atomic E-state index is 11.3. The van der Waals surface area contributed by atoms with Crippen LogP contribution < -0.4 is 5.32 Å². The van der Waals surface area contributed by atoms with Crippen LogP contribution in [0.15, 0.2) is 0 Å². The van der Waals surface area contributed by atoms with Gasteiger partial charge in [0.25, 0.3) is 0 Å². The summed E-state index contributed by atoms with van der Waals surface area (Å²) < 4.78 is 0. The molecule has 84 valence electrons. The maximum Gasteiger partial charge on any atom is 0.220 e. The maximum absolute atomic E-state index is 11.3. The summed E-state index contributed by atoms with van der Waals surface area (Å²) in [6.07, 6.45) is 2.52. The summed E-state index contributed by atoms with van der Waals surface area (Å²) in [4.78, 5) is 11.3. The van der Waals surface area contributed by atoms with E-state index in [1.54, 1.807) is 0 Å². The Morgan fingerprint density at radius 1 is 1.43 bits per heavy atom. The number of carbonyl (C=O) groups is 1. The lowest BCUT2D eigenvalue weighted by Gasteiger charge is -2.19. The van der Waals surface area contributed by atoms with Gasteiger partial charge in [0, 0.05) is 24.4 Å². The fourth-order valence-electron chi connectivity index (χ4n) is 1.01. The first kappa shape index (κ1) is 13.9. The Morgan fingerprint density at radius 2 is 2.07 bits per heavy atom. The third-order valence-corrected chi connectivity index (χ3v) is 2.88. The van der Waals surface area contributed by atoms with E-state index < -0.39 is 0 Å². The minimum Gasteiger partial charge on any atom is -0.396 e. The number of nitrogens with one attached hydrogen (secondary N) is 1. The van der Waals surface area contributed by atoms with E-state index in [1.165, 1.54) is 0 Å². The molecule has 1 amide bonds. The zero-order chi connectivity index (χ0) is 11.0. The third kappa shape index (κ3) is 6.38. The average molecular weight is 266 g/mol. The minimum absolute atomic E-state index is 0.0523. The highest BCUT2D eigenvalue weighted by Gasteiger charge is 2.13. The van der Waals surface area contributed by atoms with Gasteiger partial charge in [-0.15, -0.1) is 0 Å². The molecule has 0 aliphatic carbocycles. The Hall–Kier alpha value is -0.0900. The molecule has 2 N–H and O–H groups in total. The second-order valence-electron chi connectivity index (χ2n) is 3.66. The monoisotopic (exact) mass is 265 g/mol. The molecule has 2 atom stereocenters. The molecule has 0 aliphatic rings. The Bertz CT molecular complexity index is 164. The zero-order valence-corrected chi connectivity index (χ0v) is 10.5. The molecule has 2 unspecified atom stereocenters. The van der Waals surface area contributed by atoms with Crippen molar-refractivity contribution in [1.29, 1.82) is 0 Å². The van der Waals surface area contributed by atoms with E-state index in [1.807, 2.05) is 13.8 Å². The second-order valence-corrected chi connectivity index (χ2v) is 4.46. The molecule has 0 heterocycles. The topological polar surface area (TPSA) is 49.3 Å². The smallest absolute Gasteiger partial charge is 0.220 e. The molecule has 3 nitrogen and oxygen atoms in total. The van der Waals surface area contributed by atoms with Crippen LogP contribution in [0.4, 0.5) is 0 Å². The van der Waals surface area contributed by atoms with Crippen molar-refractivity contribution in [3.8, 4) is 0 Å². The minimum atomic E-state index is 0.0523. The number of rotatable bonds is 7. The summed E-state index contributed by atoms with van der Waals surface area (Å²) in [7, 11) is 0. The van der Waals surface area contributed by atoms with Gasteiger partial charge in [-0.3, -0.25) is 4.79 Å². The van der Waals surface area contributed by atoms with Crippen molar-refractivity contribution < 1.29 is 9.90 Å². The van der Waals surface area contributed by atoms with Gasteiger partial charge in [0.15, 0.2) is 0 Å². The van der Waals surface area contributed by atoms with Gasteiger partial charge in [-0.1, -0.05) is 22.9 Å². The van der Waals surface area contributed by atoms with E-state index in [-0.39, 0.29) is 24.5 Å². The first-order chi connectivity index (χ1) is 6.61. The van der Waals surface area contributed by atoms with E-state index in [9.17, 15) is 4.79 Å². The SMILES string of the molecule is CC(CO)C(C)NC(=O)CCCCBr. The Kier molecular flexibility index (Phi) is 8.18. The van der Waals surface area contributed by atoms with Crippen molar-refractivity contribution in [3.05, 3.63) is 0 Å². The van der Waals surface area contributed by atoms with Crippen molar-refractivity contribution >= 4 is 21.8 Å². The van der Waals surface area contributed by atoms with Crippen LogP contribution in [-0.4, -0.2) is 29.0 Å². The van der Waals surface area contributed by atoms with Crippen molar-refractivity contribution in [2.45, 2.75) is 39.2 Å². The molecule has 0 aromatic heterocycles. The first-order valence-corrected chi connectivity index (χ1v) is 6.20. The van der Waals surface area contributed by atoms with Crippen LogP contribution in [0.5, 0.6) is 0 Å². The molecule has 0 rings (SSSR count). The van der Waals surface area contributed by atoms with E-state index in [0.29, 0.717) is 6.42 Å². The van der Waals surface area contributed by atoms with Gasteiger partial charge in [0.2, 0.25) is 5.91 Å². The van der Waals surface area contributed by atoms with Gasteiger partial charge < -0.3 is 10.4 Å². The Labute approximate surface area is 94.4 Å². The largest absolute Gasteiger partial charge is 0.396 e. The van der Waals surface area contributed by atoms with Gasteiger partial charge in [-0.2, -0.15) is 0 Å². The summed E-state index contributed by atoms with van der Waals surface area (Å²) in [6.45, 7) is 3.95. The second kappa shape index (κ2) is 8.24. The van der Waals surface area contributed by atoms with E-state index in [4.69, 9.17) is 5.11 Å². The van der Waals surface area contributed by atoms with Crippen LogP contribution in [0.25, 0.3) is 0 Å². The average Bonchev–Trinajstić information content (AvgIpc) is 2.16. The first-order valence-electron chi connectivity index (χ1n) is 5.08. The van der Waals surface area contributed by atoms with Gasteiger partial charge >= 0.3 is 0 Å². The highest BCUT2D eigenvalue weighted by atomic mass is 79.9. The summed E-state index contributed by atoms with van der Waals surface area (Å²) >= 11 is 3.32. The fourth-order valence-corrected chi connectivity index (χ4v) is 1.40. The van der Waals surface area contributed by atoms with Crippen LogP contribution in [-0.2, 0) is 4.79 Å². The molecule has 0 saturated heterocycles. The molecule has 0 radical (unpaired) electrons. The molecular formula is C10H20BrNO2. The van der Waals surface area contributed by atoms with Crippen LogP contribution in [0.3, 0.4) is 0 Å². The predicted octanol–water partition coefficient (Wildman–Crippen LogP) is 1.68. The molecule has 14 heavy (non-hydrogen) atoms. The third-order valence-electron chi connectivity index (χ3n) is 2.32. The van der Waals surface area contributed by atoms with Crippen molar-refractivity contribution in [3.63, 3.8) is 0 Å². The van der Waals surface area contributed by atoms with E-state index in [0.717, 1.165) is 18.2 Å². The lowest BCUT2D eigenvalue weighted by Crippen LogP contribution is -2.38. The van der Waals surface area contributed by atoms with Crippen molar-refractivity contribution in [2.24, 2.45) is 5.92 Å². The van der Waals surface area contributed by atoms with Crippen LogP contribution >= 0.6 is 15.9 Å². The van der Waals surface area contributed by atoms with Gasteiger partial charge in [-0.05, 0) is 25.7 Å². The molecule has 0 aromatic rings. The Balaban J connectivity index is 3.60. The molecule has 4 heteroatoms. The molecule has 0 aromatic carbocycles. The van der Waals surface area contributed by atoms with Crippen molar-refractivity contribution in [2.75, 3.05) is 11.9 Å². The lowest BCUT2D eigenvalue weighted by atomic mass is 10.1. The van der Waals surface area contributed by atoms with Crippen LogP contribution in [0, 0.1) is 5.92 Å². The van der Waals surface area contributed by atoms with Crippen LogP contribution in [0.1, 0.15) is 33.1 Å². The fraction of sp³-hybridized carbons (Fsp3) is 0.900. The quantitative estimate of drug-likeness (QED) is 0.544. The number of aliphatic hydroxyl groups excluding tert-OH is 1. The Morgan fingerprint density at radius 3 is 2.57 bits per heavy atom. The summed E-state index contributed by atoms with van der Waals surface area (Å²) in [5, 5.41) is 12.7. The van der Waals surface area contributed by atoms with Gasteiger partial charge in [0.1, 0.15) is 0 Å². The number of amides is 1. The van der Waals surface area contributed by atoms with Crippen LogP contribution in [0.2, 0.25) is 0 Å². The lowest BCUT2D eigenvalue weighted by molar-refractivity contribution is -0.122. The standard InChI is InChI=1S/C10H20BrNO2/c1-8(7-13)9(2)12-10(14)5-3-4-6-11/h8-9,13H,3-7H2,1-2H3,(H,12,14). The number of unbranched alkanes of at least 4 members (excludes halogenated alkanes) is 1. The summed E-state index contributed by atoms with van der Waals surface area (Å²) in [6, 6.07) is 0.0523. The normalized spacial score (nSPS) is 14.9. The zero-order valence-electron chi connectivity index (χ0n) is 8.92. The molecule has 0 fully saturated rings. The number of hydrogen-bond acceptors (Lipinski definition) is 2. The number of carbonyl (C=O) groups excluding carboxylic acids is 1. The molecule has 0 aliphatic heterocycles. The summed E-state index contributed by atoms with van der Waals surface area (Å²) in [5.41, 5.74) is 0. The van der Waals surface area contributed by atoms with Gasteiger partial charge in [0.05, 0.1) is 0 Å². The molecule has 0 bridgehead atoms. The van der Waals surface area contributed by atoms with E-state index in [2.05, 4.69) is 21.2 Å². The predicted molar refractivity (Wildman–Crippen MR) is 61.5 cm³/mol. The number of alkyl halides is 1. The number of halogens is 1. The highest BCUT2D eigenvalue weighted by Crippen LogP contribution is 2.03. The van der Waals surface area contributed by atoms with Gasteiger partial charge in [-0.25, -0.2) is 0 Å². The molecule has 0 saturated carbocycles. The number of aliphatic hydroxyl groups is 1.